The summed E-state index contributed by atoms with van der Waals surface area (Å²) >= 11 is 0. The molecule has 0 amide bonds. The molecule has 0 N–H and O–H groups in total. The van der Waals surface area contributed by atoms with Crippen LogP contribution >= 0.6 is 0 Å². The molecule has 0 aromatic carbocycles. The first-order valence-electron chi connectivity index (χ1n) is 14.7. The Kier molecular flexibility index (Phi) is 7.07. The van der Waals surface area contributed by atoms with Crippen LogP contribution in [0.3, 0.4) is 0 Å². The number of methoxy groups -OCH3 is 1. The van der Waals surface area contributed by atoms with Crippen LogP contribution in [0, 0.1) is 68.5 Å². The summed E-state index contributed by atoms with van der Waals surface area (Å²) in [6, 6.07) is 2.24. The number of fused-ring (bicyclic) bond motifs is 7. The number of nitrogens with zero attached hydrogens (tertiary/aromatic N) is 1. The van der Waals surface area contributed by atoms with Crippen molar-refractivity contribution < 1.29 is 14.3 Å². The highest BCUT2D eigenvalue weighted by atomic mass is 16.5. The van der Waals surface area contributed by atoms with E-state index in [0.717, 1.165) is 57.8 Å². The van der Waals surface area contributed by atoms with E-state index in [4.69, 9.17) is 4.74 Å². The third-order valence-corrected chi connectivity index (χ3v) is 12.1. The van der Waals surface area contributed by atoms with Gasteiger partial charge in [0.15, 0.2) is 5.78 Å². The molecule has 5 aliphatic carbocycles. The van der Waals surface area contributed by atoms with Crippen LogP contribution in [0.25, 0.3) is 0 Å². The summed E-state index contributed by atoms with van der Waals surface area (Å²) in [6.07, 6.45) is 11.9. The van der Waals surface area contributed by atoms with Crippen LogP contribution in [0.2, 0.25) is 0 Å². The van der Waals surface area contributed by atoms with Gasteiger partial charge in [-0.3, -0.25) is 9.59 Å². The zero-order valence-corrected chi connectivity index (χ0v) is 24.1. The van der Waals surface area contributed by atoms with Gasteiger partial charge in [0.2, 0.25) is 0 Å². The average Bonchev–Trinajstić information content (AvgIpc) is 2.86. The summed E-state index contributed by atoms with van der Waals surface area (Å²) in [5, 5.41) is 9.73. The quantitative estimate of drug-likeness (QED) is 0.353. The molecule has 200 valence electrons. The smallest absolute Gasteiger partial charge is 0.312 e. The van der Waals surface area contributed by atoms with E-state index in [1.165, 1.54) is 0 Å². The fourth-order valence-electron chi connectivity index (χ4n) is 10.5. The first-order valence-corrected chi connectivity index (χ1v) is 14.7. The molecule has 0 bridgehead atoms. The van der Waals surface area contributed by atoms with E-state index >= 15 is 0 Å². The van der Waals surface area contributed by atoms with E-state index in [1.807, 2.05) is 13.8 Å². The Morgan fingerprint density at radius 2 is 1.64 bits per heavy atom. The first kappa shape index (κ1) is 27.4. The molecule has 4 heteroatoms. The van der Waals surface area contributed by atoms with Crippen molar-refractivity contribution in [2.75, 3.05) is 7.11 Å². The van der Waals surface area contributed by atoms with Crippen molar-refractivity contribution in [3.8, 4) is 6.07 Å². The number of hydrogen-bond acceptors (Lipinski definition) is 4. The Labute approximate surface area is 219 Å². The van der Waals surface area contributed by atoms with Gasteiger partial charge in [0.1, 0.15) is 6.07 Å². The second-order valence-electron chi connectivity index (χ2n) is 13.9. The summed E-state index contributed by atoms with van der Waals surface area (Å²) in [5.41, 5.74) is 0.457. The molecular formula is C32H49NO3. The van der Waals surface area contributed by atoms with E-state index < -0.39 is 0 Å². The molecule has 9 atom stereocenters. The maximum absolute atomic E-state index is 13.3. The van der Waals surface area contributed by atoms with E-state index in [-0.39, 0.29) is 39.3 Å². The summed E-state index contributed by atoms with van der Waals surface area (Å²) in [7, 11) is 1.57. The van der Waals surface area contributed by atoms with Crippen molar-refractivity contribution in [1.29, 1.82) is 5.26 Å². The van der Waals surface area contributed by atoms with Crippen LogP contribution in [0.1, 0.15) is 106 Å². The van der Waals surface area contributed by atoms with Gasteiger partial charge in [-0.2, -0.15) is 5.26 Å². The van der Waals surface area contributed by atoms with Crippen molar-refractivity contribution in [3.63, 3.8) is 0 Å². The molecule has 0 spiro atoms. The number of nitriles is 1. The van der Waals surface area contributed by atoms with E-state index in [2.05, 4.69) is 46.8 Å². The number of ether oxygens (including phenoxy) is 1. The standard InChI is InChI=1S/C30H43NO3.C2H6/c1-18-21-9-11-28(4)22-10-12-30(26(33)34-6)14-13-27(2,3)16-23(30)20(22)7-8-24(28)29(21,5)15-19(17-31)25(18)32;1-2/h15,18,20-24H,7-14,16H2,1-6H3;1-2H3. The third kappa shape index (κ3) is 3.73. The van der Waals surface area contributed by atoms with E-state index in [1.54, 1.807) is 7.11 Å². The van der Waals surface area contributed by atoms with Crippen molar-refractivity contribution in [1.82, 2.24) is 0 Å². The molecular weight excluding hydrogens is 446 g/mol. The minimum Gasteiger partial charge on any atom is -0.469 e. The van der Waals surface area contributed by atoms with Gasteiger partial charge in [-0.1, -0.05) is 54.5 Å². The number of rotatable bonds is 1. The Bertz CT molecular complexity index is 974. The second-order valence-corrected chi connectivity index (χ2v) is 13.9. The van der Waals surface area contributed by atoms with Gasteiger partial charge in [-0.15, -0.1) is 0 Å². The SMILES string of the molecule is CC.COC(=O)C12CCC3C(CCC4C5(C)C=C(C#N)C(=O)C(C)C5CCC34C)C1CC(C)(C)CC2. The van der Waals surface area contributed by atoms with Gasteiger partial charge in [0.25, 0.3) is 0 Å². The molecule has 5 rings (SSSR count). The monoisotopic (exact) mass is 495 g/mol. The fraction of sp³-hybridized carbons (Fsp3) is 0.844. The van der Waals surface area contributed by atoms with Crippen LogP contribution < -0.4 is 0 Å². The third-order valence-electron chi connectivity index (χ3n) is 12.1. The number of carbonyl (C=O) groups excluding carboxylic acids is 2. The molecule has 4 fully saturated rings. The number of ketones is 1. The number of allylic oxidation sites excluding steroid dienone is 2. The van der Waals surface area contributed by atoms with Gasteiger partial charge in [-0.05, 0) is 104 Å². The molecule has 5 aliphatic rings. The Morgan fingerprint density at radius 3 is 2.28 bits per heavy atom. The van der Waals surface area contributed by atoms with Gasteiger partial charge in [0.05, 0.1) is 18.1 Å². The van der Waals surface area contributed by atoms with Gasteiger partial charge in [-0.25, -0.2) is 0 Å². The van der Waals surface area contributed by atoms with E-state index in [0.29, 0.717) is 35.2 Å². The molecule has 0 aromatic heterocycles. The molecule has 9 unspecified atom stereocenters. The van der Waals surface area contributed by atoms with Gasteiger partial charge >= 0.3 is 5.97 Å². The van der Waals surface area contributed by atoms with Gasteiger partial charge in [0, 0.05) is 5.92 Å². The summed E-state index contributed by atoms with van der Waals surface area (Å²) in [6.45, 7) is 15.7. The van der Waals surface area contributed by atoms with Crippen LogP contribution in [-0.2, 0) is 14.3 Å². The van der Waals surface area contributed by atoms with Gasteiger partial charge < -0.3 is 4.74 Å². The Balaban J connectivity index is 0.00000148. The maximum Gasteiger partial charge on any atom is 0.312 e. The molecule has 0 heterocycles. The number of esters is 1. The Hall–Kier alpha value is -1.63. The largest absolute Gasteiger partial charge is 0.469 e. The lowest BCUT2D eigenvalue weighted by atomic mass is 9.37. The number of carbonyl (C=O) groups is 2. The lowest BCUT2D eigenvalue weighted by Crippen LogP contribution is -2.62. The zero-order valence-electron chi connectivity index (χ0n) is 24.1. The summed E-state index contributed by atoms with van der Waals surface area (Å²) in [5.74, 6) is 2.41. The van der Waals surface area contributed by atoms with Crippen molar-refractivity contribution in [3.05, 3.63) is 11.6 Å². The molecule has 36 heavy (non-hydrogen) atoms. The minimum absolute atomic E-state index is 0.0376. The Morgan fingerprint density at radius 1 is 0.972 bits per heavy atom. The fourth-order valence-corrected chi connectivity index (χ4v) is 10.5. The molecule has 0 radical (unpaired) electrons. The van der Waals surface area contributed by atoms with Crippen molar-refractivity contribution >= 4 is 11.8 Å². The summed E-state index contributed by atoms with van der Waals surface area (Å²) in [4.78, 5) is 26.1. The van der Waals surface area contributed by atoms with Crippen molar-refractivity contribution in [2.24, 2.45) is 57.2 Å². The minimum atomic E-state index is -0.296. The zero-order chi connectivity index (χ0) is 26.7. The summed E-state index contributed by atoms with van der Waals surface area (Å²) < 4.78 is 5.45. The topological polar surface area (TPSA) is 67.2 Å². The highest BCUT2D eigenvalue weighted by Gasteiger charge is 2.66. The highest BCUT2D eigenvalue weighted by Crippen LogP contribution is 2.71. The van der Waals surface area contributed by atoms with E-state index in [9.17, 15) is 14.9 Å². The molecule has 0 saturated heterocycles. The molecule has 4 nitrogen and oxygen atoms in total. The highest BCUT2D eigenvalue weighted by molar-refractivity contribution is 6.01. The average molecular weight is 496 g/mol. The lowest BCUT2D eigenvalue weighted by molar-refractivity contribution is -0.196. The number of hydrogen-bond donors (Lipinski definition) is 0. The molecule has 0 aromatic rings. The first-order chi connectivity index (χ1) is 16.9. The van der Waals surface area contributed by atoms with Crippen LogP contribution in [0.5, 0.6) is 0 Å². The second kappa shape index (κ2) is 9.28. The van der Waals surface area contributed by atoms with Crippen molar-refractivity contribution in [2.45, 2.75) is 106 Å². The van der Waals surface area contributed by atoms with Crippen LogP contribution in [-0.4, -0.2) is 18.9 Å². The molecule has 4 saturated carbocycles. The molecule has 0 aliphatic heterocycles. The van der Waals surface area contributed by atoms with Crippen LogP contribution in [0.15, 0.2) is 11.6 Å². The predicted molar refractivity (Wildman–Crippen MR) is 143 cm³/mol. The van der Waals surface area contributed by atoms with Crippen LogP contribution in [0.4, 0.5) is 0 Å². The predicted octanol–water partition coefficient (Wildman–Crippen LogP) is 7.53. The number of Topliss-reactive ketones (excluding diaryl/α,β-unsaturated/α-hetero) is 1. The lowest BCUT2D eigenvalue weighted by Gasteiger charge is -2.67. The normalized spacial score (nSPS) is 46.8. The maximum atomic E-state index is 13.3.